The quantitative estimate of drug-likeness (QED) is 0.441. The summed E-state index contributed by atoms with van der Waals surface area (Å²) in [4.78, 5) is 4.05. The van der Waals surface area contributed by atoms with Crippen LogP contribution in [0, 0.1) is 0 Å². The molecule has 3 rings (SSSR count). The number of aliphatic hydroxyl groups is 2. The first-order chi connectivity index (χ1) is 5.25. The summed E-state index contributed by atoms with van der Waals surface area (Å²) >= 11 is 0. The Morgan fingerprint density at radius 1 is 1.00 bits per heavy atom. The van der Waals surface area contributed by atoms with Crippen molar-refractivity contribution >= 4 is 0 Å². The van der Waals surface area contributed by atoms with Crippen molar-refractivity contribution < 1.29 is 10.2 Å². The van der Waals surface area contributed by atoms with E-state index in [4.69, 9.17) is 0 Å². The second-order valence-corrected chi connectivity index (χ2v) is 3.39. The van der Waals surface area contributed by atoms with Gasteiger partial charge in [0, 0.05) is 32.7 Å². The molecule has 0 aliphatic carbocycles. The zero-order valence-corrected chi connectivity index (χ0v) is 6.48. The predicted octanol–water partition coefficient (Wildman–Crippen LogP) is -1.70. The summed E-state index contributed by atoms with van der Waals surface area (Å²) in [7, 11) is 0. The number of nitrogens with zero attached hydrogens (tertiary/aromatic N) is 2. The Balaban J connectivity index is 2.10. The summed E-state index contributed by atoms with van der Waals surface area (Å²) in [6.45, 7) is 3.90. The van der Waals surface area contributed by atoms with Crippen molar-refractivity contribution in [1.82, 2.24) is 9.80 Å². The van der Waals surface area contributed by atoms with Gasteiger partial charge in [-0.15, -0.1) is 0 Å². The molecule has 3 saturated heterocycles. The summed E-state index contributed by atoms with van der Waals surface area (Å²) in [6.07, 6.45) is -0.643. The van der Waals surface area contributed by atoms with Gasteiger partial charge in [0.05, 0.1) is 6.10 Å². The average Bonchev–Trinajstić information content (AvgIpc) is 2.16. The summed E-state index contributed by atoms with van der Waals surface area (Å²) in [5, 5.41) is 18.9. The Kier molecular flexibility index (Phi) is 1.85. The van der Waals surface area contributed by atoms with Crippen molar-refractivity contribution in [2.24, 2.45) is 0 Å². The smallest absolute Gasteiger partial charge is 0.120 e. The van der Waals surface area contributed by atoms with Gasteiger partial charge in [-0.1, -0.05) is 0 Å². The molecule has 2 N–H and O–H groups in total. The maximum atomic E-state index is 9.47. The van der Waals surface area contributed by atoms with E-state index in [2.05, 4.69) is 4.90 Å². The van der Waals surface area contributed by atoms with E-state index >= 15 is 0 Å². The number of aliphatic hydroxyl groups excluding tert-OH is 2. The molecule has 0 spiro atoms. The molecule has 2 bridgehead atoms. The fraction of sp³-hybridized carbons (Fsp3) is 1.00. The molecule has 4 heteroatoms. The molecule has 11 heavy (non-hydrogen) atoms. The molecule has 0 aromatic carbocycles. The molecule has 4 unspecified atom stereocenters. The highest BCUT2D eigenvalue weighted by Gasteiger charge is 2.31. The predicted molar refractivity (Wildman–Crippen MR) is 40.0 cm³/mol. The van der Waals surface area contributed by atoms with E-state index in [0.717, 1.165) is 13.1 Å². The summed E-state index contributed by atoms with van der Waals surface area (Å²) < 4.78 is 0. The number of rotatable bonds is 0. The van der Waals surface area contributed by atoms with E-state index in [9.17, 15) is 10.2 Å². The normalized spacial score (nSPS) is 50.7. The third kappa shape index (κ3) is 1.39. The molecule has 3 aliphatic rings. The zero-order valence-electron chi connectivity index (χ0n) is 6.48. The minimum absolute atomic E-state index is 0.283. The molecule has 4 nitrogen and oxygen atoms in total. The average molecular weight is 158 g/mol. The minimum atomic E-state index is -0.360. The van der Waals surface area contributed by atoms with Crippen LogP contribution >= 0.6 is 0 Å². The fourth-order valence-corrected chi connectivity index (χ4v) is 1.86. The summed E-state index contributed by atoms with van der Waals surface area (Å²) in [6, 6.07) is 0. The van der Waals surface area contributed by atoms with Crippen LogP contribution in [0.25, 0.3) is 0 Å². The van der Waals surface area contributed by atoms with Crippen LogP contribution in [0.4, 0.5) is 0 Å². The summed E-state index contributed by atoms with van der Waals surface area (Å²) in [5.41, 5.74) is 0. The first kappa shape index (κ1) is 7.49. The number of hydrogen-bond acceptors (Lipinski definition) is 4. The Hall–Kier alpha value is -0.160. The van der Waals surface area contributed by atoms with Crippen molar-refractivity contribution in [3.8, 4) is 0 Å². The topological polar surface area (TPSA) is 46.9 Å². The summed E-state index contributed by atoms with van der Waals surface area (Å²) in [5.74, 6) is 0. The molecule has 0 aromatic rings. The first-order valence-corrected chi connectivity index (χ1v) is 4.08. The molecular weight excluding hydrogens is 144 g/mol. The lowest BCUT2D eigenvalue weighted by Crippen LogP contribution is -2.49. The van der Waals surface area contributed by atoms with E-state index in [1.54, 1.807) is 0 Å². The Bertz CT molecular complexity index is 151. The monoisotopic (exact) mass is 158 g/mol. The van der Waals surface area contributed by atoms with Crippen LogP contribution in [0.1, 0.15) is 0 Å². The number of piperazine rings is 1. The second kappa shape index (κ2) is 2.71. The third-order valence-electron chi connectivity index (χ3n) is 2.46. The van der Waals surface area contributed by atoms with Crippen LogP contribution in [0.5, 0.6) is 0 Å². The molecule has 3 fully saturated rings. The molecular formula is C7H14N2O2. The standard InChI is InChI=1S/C7H14N2O2/c10-6-3-8-1-2-9(4-6)7(11)5-8/h6-7,10-11H,1-5H2. The van der Waals surface area contributed by atoms with Crippen LogP contribution in [-0.2, 0) is 0 Å². The van der Waals surface area contributed by atoms with Crippen LogP contribution in [0.15, 0.2) is 0 Å². The van der Waals surface area contributed by atoms with Crippen molar-refractivity contribution in [2.75, 3.05) is 32.7 Å². The van der Waals surface area contributed by atoms with E-state index in [0.29, 0.717) is 19.6 Å². The first-order valence-electron chi connectivity index (χ1n) is 4.08. The highest BCUT2D eigenvalue weighted by atomic mass is 16.3. The van der Waals surface area contributed by atoms with Gasteiger partial charge in [-0.3, -0.25) is 9.80 Å². The van der Waals surface area contributed by atoms with Gasteiger partial charge in [0.2, 0.25) is 0 Å². The minimum Gasteiger partial charge on any atom is -0.390 e. The van der Waals surface area contributed by atoms with Gasteiger partial charge in [0.1, 0.15) is 6.23 Å². The van der Waals surface area contributed by atoms with Gasteiger partial charge in [-0.2, -0.15) is 0 Å². The van der Waals surface area contributed by atoms with Crippen molar-refractivity contribution in [3.63, 3.8) is 0 Å². The van der Waals surface area contributed by atoms with E-state index in [-0.39, 0.29) is 12.3 Å². The Morgan fingerprint density at radius 2 is 1.82 bits per heavy atom. The maximum Gasteiger partial charge on any atom is 0.120 e. The van der Waals surface area contributed by atoms with Crippen LogP contribution < -0.4 is 0 Å². The molecule has 0 saturated carbocycles. The molecule has 0 amide bonds. The Morgan fingerprint density at radius 3 is 2.55 bits per heavy atom. The second-order valence-electron chi connectivity index (χ2n) is 3.39. The van der Waals surface area contributed by atoms with Crippen LogP contribution in [-0.4, -0.2) is 65.1 Å². The number of fused-ring (bicyclic) bond motifs is 4. The largest absolute Gasteiger partial charge is 0.390 e. The van der Waals surface area contributed by atoms with Crippen molar-refractivity contribution in [3.05, 3.63) is 0 Å². The highest BCUT2D eigenvalue weighted by molar-refractivity contribution is 4.83. The lowest BCUT2D eigenvalue weighted by Gasteiger charge is -2.33. The Labute approximate surface area is 66.0 Å². The highest BCUT2D eigenvalue weighted by Crippen LogP contribution is 2.13. The maximum absolute atomic E-state index is 9.47. The van der Waals surface area contributed by atoms with Crippen molar-refractivity contribution in [2.45, 2.75) is 12.3 Å². The van der Waals surface area contributed by atoms with Crippen molar-refractivity contribution in [1.29, 1.82) is 0 Å². The molecule has 3 heterocycles. The van der Waals surface area contributed by atoms with Gasteiger partial charge in [-0.25, -0.2) is 0 Å². The van der Waals surface area contributed by atoms with Crippen LogP contribution in [0.3, 0.4) is 0 Å². The van der Waals surface area contributed by atoms with E-state index in [1.165, 1.54) is 0 Å². The van der Waals surface area contributed by atoms with Crippen LogP contribution in [0.2, 0.25) is 0 Å². The number of hydrogen-bond donors (Lipinski definition) is 2. The molecule has 0 radical (unpaired) electrons. The fourth-order valence-electron chi connectivity index (χ4n) is 1.86. The molecule has 3 aliphatic heterocycles. The molecule has 4 atom stereocenters. The lowest BCUT2D eigenvalue weighted by atomic mass is 10.3. The molecule has 0 aromatic heterocycles. The molecule has 64 valence electrons. The van der Waals surface area contributed by atoms with E-state index in [1.807, 2.05) is 4.90 Å². The lowest BCUT2D eigenvalue weighted by molar-refractivity contribution is -0.0377. The van der Waals surface area contributed by atoms with Gasteiger partial charge in [-0.05, 0) is 0 Å². The van der Waals surface area contributed by atoms with Gasteiger partial charge in [0.25, 0.3) is 0 Å². The van der Waals surface area contributed by atoms with Gasteiger partial charge >= 0.3 is 0 Å². The van der Waals surface area contributed by atoms with E-state index < -0.39 is 0 Å². The van der Waals surface area contributed by atoms with Gasteiger partial charge < -0.3 is 10.2 Å². The van der Waals surface area contributed by atoms with Gasteiger partial charge in [0.15, 0.2) is 0 Å². The SMILES string of the molecule is OC1CN2CCN(C1)C(O)C2. The zero-order chi connectivity index (χ0) is 7.84. The third-order valence-corrected chi connectivity index (χ3v) is 2.46.